The van der Waals surface area contributed by atoms with E-state index in [-0.39, 0.29) is 11.9 Å². The number of benzene rings is 1. The summed E-state index contributed by atoms with van der Waals surface area (Å²) in [4.78, 5) is 28.3. The van der Waals surface area contributed by atoms with Gasteiger partial charge in [0.1, 0.15) is 10.8 Å². The van der Waals surface area contributed by atoms with Crippen LogP contribution in [-0.4, -0.2) is 43.6 Å². The van der Waals surface area contributed by atoms with Crippen molar-refractivity contribution in [1.82, 2.24) is 4.90 Å². The summed E-state index contributed by atoms with van der Waals surface area (Å²) in [5.74, 6) is 0.138. The van der Waals surface area contributed by atoms with Crippen LogP contribution in [0.3, 0.4) is 0 Å². The third-order valence-electron chi connectivity index (χ3n) is 4.58. The number of ether oxygens (including phenoxy) is 2. The van der Waals surface area contributed by atoms with Gasteiger partial charge in [-0.25, -0.2) is 4.79 Å². The summed E-state index contributed by atoms with van der Waals surface area (Å²) in [6.45, 7) is 6.27. The van der Waals surface area contributed by atoms with Gasteiger partial charge in [0.05, 0.1) is 18.8 Å². The van der Waals surface area contributed by atoms with Crippen molar-refractivity contribution in [3.8, 4) is 5.75 Å². The first-order chi connectivity index (χ1) is 14.0. The van der Waals surface area contributed by atoms with Gasteiger partial charge in [0.2, 0.25) is 5.91 Å². The Kier molecular flexibility index (Phi) is 7.06. The number of nitrogens with one attached hydrogen (secondary N) is 1. The largest absolute Gasteiger partial charge is 0.494 e. The summed E-state index contributed by atoms with van der Waals surface area (Å²) in [6, 6.07) is 7.50. The molecule has 1 aromatic heterocycles. The van der Waals surface area contributed by atoms with E-state index >= 15 is 0 Å². The molecule has 29 heavy (non-hydrogen) atoms. The highest BCUT2D eigenvalue weighted by molar-refractivity contribution is 7.17. The Morgan fingerprint density at radius 2 is 1.97 bits per heavy atom. The topological polar surface area (TPSA) is 67.9 Å². The fraction of sp³-hybridized carbons (Fsp3) is 0.364. The van der Waals surface area contributed by atoms with Crippen LogP contribution in [0.25, 0.3) is 6.08 Å². The van der Waals surface area contributed by atoms with Gasteiger partial charge < -0.3 is 19.7 Å². The first-order valence-electron chi connectivity index (χ1n) is 9.74. The van der Waals surface area contributed by atoms with E-state index in [9.17, 15) is 9.59 Å². The standard InChI is InChI=1S/C22H26N2O4S/c1-4-27-16-9-6-15(7-10-16)8-11-19(25)23-21-20(22(26)28-5-2)17-12-13-24(3)14-18(17)29-21/h6-11H,4-5,12-14H2,1-3H3,(H,23,25)/b11-8+. The van der Waals surface area contributed by atoms with E-state index in [1.807, 2.05) is 38.2 Å². The number of amides is 1. The Morgan fingerprint density at radius 1 is 1.21 bits per heavy atom. The lowest BCUT2D eigenvalue weighted by molar-refractivity contribution is -0.111. The Morgan fingerprint density at radius 3 is 2.66 bits per heavy atom. The summed E-state index contributed by atoms with van der Waals surface area (Å²) in [5.41, 5.74) is 2.39. The number of nitrogens with zero attached hydrogens (tertiary/aromatic N) is 1. The summed E-state index contributed by atoms with van der Waals surface area (Å²) >= 11 is 1.45. The Labute approximate surface area is 175 Å². The molecular formula is C22H26N2O4S. The SMILES string of the molecule is CCOC(=O)c1c(NC(=O)/C=C/c2ccc(OCC)cc2)sc2c1CCN(C)C2. The van der Waals surface area contributed by atoms with Crippen LogP contribution >= 0.6 is 11.3 Å². The molecule has 2 aromatic rings. The van der Waals surface area contributed by atoms with Crippen molar-refractivity contribution < 1.29 is 19.1 Å². The fourth-order valence-corrected chi connectivity index (χ4v) is 4.52. The molecule has 1 amide bonds. The highest BCUT2D eigenvalue weighted by atomic mass is 32.1. The van der Waals surface area contributed by atoms with E-state index in [0.717, 1.165) is 41.3 Å². The van der Waals surface area contributed by atoms with Crippen molar-refractivity contribution in [3.05, 3.63) is 51.9 Å². The van der Waals surface area contributed by atoms with Gasteiger partial charge in [0, 0.05) is 24.0 Å². The molecule has 3 rings (SSSR count). The lowest BCUT2D eigenvalue weighted by Crippen LogP contribution is -2.26. The smallest absolute Gasteiger partial charge is 0.341 e. The van der Waals surface area contributed by atoms with Gasteiger partial charge in [-0.2, -0.15) is 0 Å². The Bertz CT molecular complexity index is 902. The molecule has 1 aliphatic rings. The minimum absolute atomic E-state index is 0.281. The van der Waals surface area contributed by atoms with Crippen LogP contribution in [0.4, 0.5) is 5.00 Å². The van der Waals surface area contributed by atoms with Crippen LogP contribution in [0.1, 0.15) is 40.2 Å². The molecule has 0 unspecified atom stereocenters. The van der Waals surface area contributed by atoms with Crippen molar-refractivity contribution in [2.45, 2.75) is 26.8 Å². The highest BCUT2D eigenvalue weighted by Crippen LogP contribution is 2.37. The highest BCUT2D eigenvalue weighted by Gasteiger charge is 2.28. The first-order valence-corrected chi connectivity index (χ1v) is 10.6. The molecule has 7 heteroatoms. The maximum Gasteiger partial charge on any atom is 0.341 e. The summed E-state index contributed by atoms with van der Waals surface area (Å²) in [7, 11) is 2.05. The van der Waals surface area contributed by atoms with Gasteiger partial charge in [-0.1, -0.05) is 12.1 Å². The number of carbonyl (C=O) groups is 2. The van der Waals surface area contributed by atoms with Gasteiger partial charge in [-0.3, -0.25) is 4.79 Å². The third-order valence-corrected chi connectivity index (χ3v) is 5.71. The molecule has 1 aromatic carbocycles. The number of carbonyl (C=O) groups excluding carboxylic acids is 2. The van der Waals surface area contributed by atoms with Gasteiger partial charge >= 0.3 is 5.97 Å². The van der Waals surface area contributed by atoms with Crippen molar-refractivity contribution in [2.75, 3.05) is 32.1 Å². The lowest BCUT2D eigenvalue weighted by Gasteiger charge is -2.22. The maximum absolute atomic E-state index is 12.5. The molecule has 0 aliphatic carbocycles. The average molecular weight is 415 g/mol. The fourth-order valence-electron chi connectivity index (χ4n) is 3.21. The number of hydrogen-bond donors (Lipinski definition) is 1. The number of anilines is 1. The Balaban J connectivity index is 1.76. The van der Waals surface area contributed by atoms with Crippen LogP contribution in [0.15, 0.2) is 30.3 Å². The van der Waals surface area contributed by atoms with Gasteiger partial charge in [-0.05, 0) is 56.7 Å². The van der Waals surface area contributed by atoms with E-state index in [1.165, 1.54) is 17.4 Å². The van der Waals surface area contributed by atoms with Crippen molar-refractivity contribution in [2.24, 2.45) is 0 Å². The van der Waals surface area contributed by atoms with E-state index in [1.54, 1.807) is 13.0 Å². The van der Waals surface area contributed by atoms with E-state index < -0.39 is 0 Å². The van der Waals surface area contributed by atoms with Crippen molar-refractivity contribution >= 4 is 34.3 Å². The number of hydrogen-bond acceptors (Lipinski definition) is 6. The molecule has 0 saturated heterocycles. The normalized spacial score (nSPS) is 13.9. The second kappa shape index (κ2) is 9.71. The molecule has 1 aliphatic heterocycles. The molecule has 0 fully saturated rings. The molecule has 0 radical (unpaired) electrons. The maximum atomic E-state index is 12.5. The molecule has 0 saturated carbocycles. The summed E-state index contributed by atoms with van der Waals surface area (Å²) in [6.07, 6.45) is 3.97. The van der Waals surface area contributed by atoms with E-state index in [0.29, 0.717) is 23.8 Å². The second-order valence-corrected chi connectivity index (χ2v) is 7.85. The number of thiophene rings is 1. The molecule has 0 atom stereocenters. The number of rotatable bonds is 7. The van der Waals surface area contributed by atoms with Gasteiger partial charge in [0.15, 0.2) is 0 Å². The predicted molar refractivity (Wildman–Crippen MR) is 116 cm³/mol. The number of fused-ring (bicyclic) bond motifs is 1. The van der Waals surface area contributed by atoms with Crippen molar-refractivity contribution in [3.63, 3.8) is 0 Å². The third kappa shape index (κ3) is 5.25. The Hall–Kier alpha value is -2.64. The number of likely N-dealkylation sites (N-methyl/N-ethyl adjacent to an activating group) is 1. The minimum atomic E-state index is -0.375. The first kappa shape index (κ1) is 21.1. The minimum Gasteiger partial charge on any atom is -0.494 e. The molecule has 0 spiro atoms. The number of esters is 1. The molecule has 6 nitrogen and oxygen atoms in total. The van der Waals surface area contributed by atoms with Crippen molar-refractivity contribution in [1.29, 1.82) is 0 Å². The predicted octanol–water partition coefficient (Wildman–Crippen LogP) is 3.96. The van der Waals surface area contributed by atoms with Crippen LogP contribution in [0, 0.1) is 0 Å². The average Bonchev–Trinajstić information content (AvgIpc) is 3.04. The van der Waals surface area contributed by atoms with Gasteiger partial charge in [-0.15, -0.1) is 11.3 Å². The van der Waals surface area contributed by atoms with Gasteiger partial charge in [0.25, 0.3) is 0 Å². The van der Waals surface area contributed by atoms with Crippen LogP contribution in [0.5, 0.6) is 5.75 Å². The van der Waals surface area contributed by atoms with E-state index in [4.69, 9.17) is 9.47 Å². The summed E-state index contributed by atoms with van der Waals surface area (Å²) < 4.78 is 10.7. The molecule has 2 heterocycles. The molecule has 1 N–H and O–H groups in total. The van der Waals surface area contributed by atoms with E-state index in [2.05, 4.69) is 10.2 Å². The quantitative estimate of drug-likeness (QED) is 0.549. The zero-order valence-corrected chi connectivity index (χ0v) is 17.8. The molecule has 154 valence electrons. The molecular weight excluding hydrogens is 388 g/mol. The van der Waals surface area contributed by atoms with Crippen LogP contribution < -0.4 is 10.1 Å². The second-order valence-electron chi connectivity index (χ2n) is 6.74. The summed E-state index contributed by atoms with van der Waals surface area (Å²) in [5, 5.41) is 3.43. The monoisotopic (exact) mass is 414 g/mol. The zero-order chi connectivity index (χ0) is 20.8. The van der Waals surface area contributed by atoms with Crippen LogP contribution in [-0.2, 0) is 22.5 Å². The van der Waals surface area contributed by atoms with Crippen LogP contribution in [0.2, 0.25) is 0 Å². The lowest BCUT2D eigenvalue weighted by atomic mass is 10.0. The zero-order valence-electron chi connectivity index (χ0n) is 17.0. The molecule has 0 bridgehead atoms.